The Bertz CT molecular complexity index is 619. The van der Waals surface area contributed by atoms with Gasteiger partial charge in [-0.3, -0.25) is 0 Å². The quantitative estimate of drug-likeness (QED) is 0.379. The number of nitrogens with zero attached hydrogens (tertiary/aromatic N) is 2. The summed E-state index contributed by atoms with van der Waals surface area (Å²) in [5.74, 6) is -0.0108. The highest BCUT2D eigenvalue weighted by molar-refractivity contribution is 9.10. The molecule has 3 N–H and O–H groups in total. The molecule has 98 valence electrons. The van der Waals surface area contributed by atoms with Crippen molar-refractivity contribution in [1.82, 2.24) is 4.98 Å². The first-order valence-corrected chi connectivity index (χ1v) is 7.16. The molecule has 0 bridgehead atoms. The smallest absolute Gasteiger partial charge is 0.171 e. The summed E-state index contributed by atoms with van der Waals surface area (Å²) in [6.07, 6.45) is 1.73. The molecule has 19 heavy (non-hydrogen) atoms. The zero-order chi connectivity index (χ0) is 13.8. The highest BCUT2D eigenvalue weighted by Gasteiger charge is 2.07. The Morgan fingerprint density at radius 3 is 2.74 bits per heavy atom. The third-order valence-corrected chi connectivity index (χ3v) is 3.97. The molecule has 0 saturated carbocycles. The fourth-order valence-electron chi connectivity index (χ4n) is 1.36. The van der Waals surface area contributed by atoms with E-state index in [-0.39, 0.29) is 5.84 Å². The van der Waals surface area contributed by atoms with Crippen molar-refractivity contribution in [3.63, 3.8) is 0 Å². The molecule has 0 radical (unpaired) electrons. The van der Waals surface area contributed by atoms with E-state index in [1.54, 1.807) is 18.3 Å². The van der Waals surface area contributed by atoms with E-state index in [2.05, 4.69) is 26.1 Å². The Labute approximate surface area is 127 Å². The Kier molecular flexibility index (Phi) is 4.68. The molecule has 1 aromatic heterocycles. The van der Waals surface area contributed by atoms with Gasteiger partial charge in [0.05, 0.1) is 5.02 Å². The van der Waals surface area contributed by atoms with Crippen molar-refractivity contribution in [3.05, 3.63) is 51.6 Å². The van der Waals surface area contributed by atoms with Crippen LogP contribution in [0.25, 0.3) is 0 Å². The molecule has 0 aliphatic carbocycles. The summed E-state index contributed by atoms with van der Waals surface area (Å²) in [4.78, 5) is 5.19. The average molecular weight is 359 g/mol. The van der Waals surface area contributed by atoms with Crippen molar-refractivity contribution >= 4 is 45.1 Å². The Hall–Kier alpha value is -1.24. The van der Waals surface area contributed by atoms with Crippen molar-refractivity contribution in [2.75, 3.05) is 0 Å². The van der Waals surface area contributed by atoms with Crippen molar-refractivity contribution < 1.29 is 5.21 Å². The van der Waals surface area contributed by atoms with E-state index in [0.717, 1.165) is 14.4 Å². The fraction of sp³-hybridized carbons (Fsp3) is 0. The Balaban J connectivity index is 2.23. The van der Waals surface area contributed by atoms with Gasteiger partial charge in [-0.25, -0.2) is 4.98 Å². The van der Waals surface area contributed by atoms with Crippen LogP contribution in [0.2, 0.25) is 5.02 Å². The molecule has 4 nitrogen and oxygen atoms in total. The van der Waals surface area contributed by atoms with Crippen LogP contribution in [0.15, 0.2) is 56.1 Å². The maximum atomic E-state index is 8.63. The minimum atomic E-state index is -0.0108. The van der Waals surface area contributed by atoms with Gasteiger partial charge in [0.25, 0.3) is 0 Å². The number of aromatic nitrogens is 1. The van der Waals surface area contributed by atoms with Gasteiger partial charge in [-0.15, -0.1) is 0 Å². The molecule has 0 atom stereocenters. The van der Waals surface area contributed by atoms with Gasteiger partial charge in [0.1, 0.15) is 5.03 Å². The molecule has 2 rings (SSSR count). The van der Waals surface area contributed by atoms with E-state index in [0.29, 0.717) is 10.6 Å². The Morgan fingerprint density at radius 1 is 1.37 bits per heavy atom. The van der Waals surface area contributed by atoms with Crippen molar-refractivity contribution in [2.45, 2.75) is 9.92 Å². The molecular formula is C12H9BrClN3OS. The summed E-state index contributed by atoms with van der Waals surface area (Å²) in [6.45, 7) is 0. The summed E-state index contributed by atoms with van der Waals surface area (Å²) in [5, 5.41) is 12.8. The number of pyridine rings is 1. The molecule has 2 aromatic rings. The SMILES string of the molecule is NC(=NO)c1ccc(Sc2ccc(Br)cn2)cc1Cl. The fourth-order valence-corrected chi connectivity index (χ4v) is 2.74. The van der Waals surface area contributed by atoms with Crippen LogP contribution in [0.4, 0.5) is 0 Å². The van der Waals surface area contributed by atoms with Crippen LogP contribution < -0.4 is 5.73 Å². The van der Waals surface area contributed by atoms with Gasteiger partial charge >= 0.3 is 0 Å². The number of benzene rings is 1. The van der Waals surface area contributed by atoms with Gasteiger partial charge in [0, 0.05) is 21.1 Å². The molecule has 1 aromatic carbocycles. The summed E-state index contributed by atoms with van der Waals surface area (Å²) < 4.78 is 0.928. The lowest BCUT2D eigenvalue weighted by Gasteiger charge is -2.05. The van der Waals surface area contributed by atoms with E-state index in [9.17, 15) is 0 Å². The first-order chi connectivity index (χ1) is 9.10. The van der Waals surface area contributed by atoms with Gasteiger partial charge in [-0.05, 0) is 46.3 Å². The van der Waals surface area contributed by atoms with E-state index in [1.165, 1.54) is 11.8 Å². The maximum absolute atomic E-state index is 8.63. The lowest BCUT2D eigenvalue weighted by molar-refractivity contribution is 0.318. The van der Waals surface area contributed by atoms with Crippen molar-refractivity contribution in [2.24, 2.45) is 10.9 Å². The first-order valence-electron chi connectivity index (χ1n) is 5.17. The Morgan fingerprint density at radius 2 is 2.16 bits per heavy atom. The van der Waals surface area contributed by atoms with Gasteiger partial charge in [0.15, 0.2) is 5.84 Å². The van der Waals surface area contributed by atoms with Crippen LogP contribution in [0.3, 0.4) is 0 Å². The second kappa shape index (κ2) is 6.27. The number of hydrogen-bond acceptors (Lipinski definition) is 4. The highest BCUT2D eigenvalue weighted by Crippen LogP contribution is 2.30. The molecule has 0 aliphatic heterocycles. The number of rotatable bonds is 3. The zero-order valence-corrected chi connectivity index (χ0v) is 12.7. The summed E-state index contributed by atoms with van der Waals surface area (Å²) in [5.41, 5.74) is 6.00. The molecular weight excluding hydrogens is 350 g/mol. The van der Waals surface area contributed by atoms with Crippen LogP contribution in [0.1, 0.15) is 5.56 Å². The predicted octanol–water partition coefficient (Wildman–Crippen LogP) is 3.74. The van der Waals surface area contributed by atoms with E-state index >= 15 is 0 Å². The largest absolute Gasteiger partial charge is 0.409 e. The summed E-state index contributed by atoms with van der Waals surface area (Å²) >= 11 is 10.9. The minimum absolute atomic E-state index is 0.0108. The number of nitrogens with two attached hydrogens (primary N) is 1. The predicted molar refractivity (Wildman–Crippen MR) is 80.0 cm³/mol. The second-order valence-corrected chi connectivity index (χ2v) is 5.96. The molecule has 0 aliphatic rings. The maximum Gasteiger partial charge on any atom is 0.171 e. The lowest BCUT2D eigenvalue weighted by atomic mass is 10.2. The summed E-state index contributed by atoms with van der Waals surface area (Å²) in [7, 11) is 0. The van der Waals surface area contributed by atoms with E-state index < -0.39 is 0 Å². The van der Waals surface area contributed by atoms with Crippen LogP contribution in [0, 0.1) is 0 Å². The second-order valence-electron chi connectivity index (χ2n) is 3.54. The molecule has 7 heteroatoms. The van der Waals surface area contributed by atoms with E-state index in [4.69, 9.17) is 22.5 Å². The number of amidine groups is 1. The van der Waals surface area contributed by atoms with Gasteiger partial charge < -0.3 is 10.9 Å². The normalized spacial score (nSPS) is 11.6. The molecule has 0 spiro atoms. The van der Waals surface area contributed by atoms with Crippen LogP contribution in [0.5, 0.6) is 0 Å². The van der Waals surface area contributed by atoms with Crippen LogP contribution in [-0.2, 0) is 0 Å². The highest BCUT2D eigenvalue weighted by atomic mass is 79.9. The van der Waals surface area contributed by atoms with Crippen LogP contribution >= 0.6 is 39.3 Å². The third-order valence-electron chi connectivity index (χ3n) is 2.25. The lowest BCUT2D eigenvalue weighted by Crippen LogP contribution is -2.13. The van der Waals surface area contributed by atoms with Gasteiger partial charge in [0.2, 0.25) is 0 Å². The average Bonchev–Trinajstić information content (AvgIpc) is 2.41. The van der Waals surface area contributed by atoms with Crippen molar-refractivity contribution in [3.8, 4) is 0 Å². The topological polar surface area (TPSA) is 71.5 Å². The third kappa shape index (κ3) is 3.62. The van der Waals surface area contributed by atoms with Crippen LogP contribution in [-0.4, -0.2) is 16.0 Å². The number of hydrogen-bond donors (Lipinski definition) is 2. The number of halogens is 2. The monoisotopic (exact) mass is 357 g/mol. The molecule has 0 fully saturated rings. The summed E-state index contributed by atoms with van der Waals surface area (Å²) in [6, 6.07) is 9.12. The minimum Gasteiger partial charge on any atom is -0.409 e. The van der Waals surface area contributed by atoms with Gasteiger partial charge in [-0.1, -0.05) is 28.5 Å². The zero-order valence-electron chi connectivity index (χ0n) is 9.55. The van der Waals surface area contributed by atoms with E-state index in [1.807, 2.05) is 18.2 Å². The first kappa shape index (κ1) is 14.2. The molecule has 0 saturated heterocycles. The van der Waals surface area contributed by atoms with Crippen molar-refractivity contribution in [1.29, 1.82) is 0 Å². The number of oxime groups is 1. The van der Waals surface area contributed by atoms with Gasteiger partial charge in [-0.2, -0.15) is 0 Å². The molecule has 0 amide bonds. The molecule has 1 heterocycles. The molecule has 0 unspecified atom stereocenters. The standard InChI is InChI=1S/C12H9BrClN3OS/c13-7-1-4-11(16-6-7)19-8-2-3-9(10(14)5-8)12(15)17-18/h1-6,18H,(H2,15,17).